The highest BCUT2D eigenvalue weighted by Crippen LogP contribution is 2.33. The Hall–Kier alpha value is -1.00. The van der Waals surface area contributed by atoms with E-state index in [2.05, 4.69) is 10.0 Å². The normalized spacial score (nSPS) is 29.4. The number of hydrogen-bond acceptors (Lipinski definition) is 8. The van der Waals surface area contributed by atoms with Crippen LogP contribution in [-0.4, -0.2) is 67.1 Å². The van der Waals surface area contributed by atoms with Gasteiger partial charge in [0.15, 0.2) is 0 Å². The van der Waals surface area contributed by atoms with Gasteiger partial charge in [0.25, 0.3) is 3.79 Å². The number of halogens is 3. The standard InChI is InChI=1S/C12H17Cl3N4O6/c1-5(20)23-4-6-8(21-2)9(22-3)7(18-19-17)10(24-6)25-11(16)12(13,14)15/h6-10,16H,4H2,1-3H3/t6?,7?,8-,9+,10-/m0/s1. The van der Waals surface area contributed by atoms with E-state index in [-0.39, 0.29) is 6.61 Å². The molecule has 1 saturated heterocycles. The maximum absolute atomic E-state index is 11.1. The van der Waals surface area contributed by atoms with Gasteiger partial charge in [-0.15, -0.1) is 0 Å². The van der Waals surface area contributed by atoms with Gasteiger partial charge in [-0.2, -0.15) is 0 Å². The number of methoxy groups -OCH3 is 2. The highest BCUT2D eigenvalue weighted by molar-refractivity contribution is 6.76. The first-order valence-corrected chi connectivity index (χ1v) is 8.00. The van der Waals surface area contributed by atoms with E-state index in [4.69, 9.17) is 69.4 Å². The average molecular weight is 420 g/mol. The summed E-state index contributed by atoms with van der Waals surface area (Å²) in [6.07, 6.45) is -3.74. The zero-order valence-corrected chi connectivity index (χ0v) is 15.8. The lowest BCUT2D eigenvalue weighted by Gasteiger charge is -2.43. The zero-order chi connectivity index (χ0) is 19.2. The average Bonchev–Trinajstić information content (AvgIpc) is 2.53. The largest absolute Gasteiger partial charge is 0.463 e. The summed E-state index contributed by atoms with van der Waals surface area (Å²) in [5.41, 5.74) is 8.79. The van der Waals surface area contributed by atoms with Crippen molar-refractivity contribution in [2.24, 2.45) is 5.11 Å². The minimum Gasteiger partial charge on any atom is -0.463 e. The number of azide groups is 1. The molecule has 1 N–H and O–H groups in total. The SMILES string of the molecule is CO[C@@H]1C(N=[N+]=[N-])[C@H](OC(=N)C(Cl)(Cl)Cl)OC(COC(C)=O)[C@@H]1OC. The maximum Gasteiger partial charge on any atom is 0.302 e. The summed E-state index contributed by atoms with van der Waals surface area (Å²) in [4.78, 5) is 13.8. The van der Waals surface area contributed by atoms with E-state index in [9.17, 15) is 4.79 Å². The molecule has 5 atom stereocenters. The third-order valence-electron chi connectivity index (χ3n) is 3.29. The fourth-order valence-corrected chi connectivity index (χ4v) is 2.38. The molecule has 0 aliphatic carbocycles. The number of nitrogens with one attached hydrogen (secondary N) is 1. The summed E-state index contributed by atoms with van der Waals surface area (Å²) in [6, 6.07) is -1.05. The van der Waals surface area contributed by atoms with Gasteiger partial charge in [0.1, 0.15) is 31.0 Å². The molecule has 1 fully saturated rings. The highest BCUT2D eigenvalue weighted by atomic mass is 35.6. The molecule has 1 aliphatic heterocycles. The summed E-state index contributed by atoms with van der Waals surface area (Å²) in [6.45, 7) is 1.05. The number of carbonyl (C=O) groups is 1. The summed E-state index contributed by atoms with van der Waals surface area (Å²) in [5, 5.41) is 11.2. The minimum atomic E-state index is -2.14. The van der Waals surface area contributed by atoms with Crippen LogP contribution in [-0.2, 0) is 28.5 Å². The van der Waals surface area contributed by atoms with Gasteiger partial charge in [0.2, 0.25) is 12.2 Å². The number of esters is 1. The number of alkyl halides is 3. The molecule has 0 radical (unpaired) electrons. The van der Waals surface area contributed by atoms with E-state index >= 15 is 0 Å². The lowest BCUT2D eigenvalue weighted by Crippen LogP contribution is -2.60. The molecule has 1 rings (SSSR count). The number of hydrogen-bond donors (Lipinski definition) is 1. The Kier molecular flexibility index (Phi) is 8.49. The summed E-state index contributed by atoms with van der Waals surface area (Å²) in [7, 11) is 2.75. The third-order valence-corrected chi connectivity index (χ3v) is 3.80. The van der Waals surface area contributed by atoms with Gasteiger partial charge in [-0.3, -0.25) is 10.2 Å². The van der Waals surface area contributed by atoms with E-state index in [1.807, 2.05) is 0 Å². The molecule has 0 aromatic carbocycles. The van der Waals surface area contributed by atoms with E-state index in [1.165, 1.54) is 21.1 Å². The van der Waals surface area contributed by atoms with Crippen molar-refractivity contribution in [1.82, 2.24) is 0 Å². The summed E-state index contributed by atoms with van der Waals surface area (Å²) >= 11 is 16.8. The van der Waals surface area contributed by atoms with Crippen molar-refractivity contribution in [3.63, 3.8) is 0 Å². The van der Waals surface area contributed by atoms with Gasteiger partial charge in [-0.25, -0.2) is 0 Å². The predicted octanol–water partition coefficient (Wildman–Crippen LogP) is 2.35. The Bertz CT molecular complexity index is 539. The Balaban J connectivity index is 3.10. The second-order valence-corrected chi connectivity index (χ2v) is 7.17. The quantitative estimate of drug-likeness (QED) is 0.133. The molecular weight excluding hydrogens is 403 g/mol. The van der Waals surface area contributed by atoms with Crippen LogP contribution in [0.15, 0.2) is 5.11 Å². The topological polar surface area (TPSA) is 136 Å². The second kappa shape index (κ2) is 9.63. The predicted molar refractivity (Wildman–Crippen MR) is 88.9 cm³/mol. The van der Waals surface area contributed by atoms with E-state index in [1.54, 1.807) is 0 Å². The molecule has 1 aliphatic rings. The molecule has 0 aromatic heterocycles. The fourth-order valence-electron chi connectivity index (χ4n) is 2.24. The third kappa shape index (κ3) is 6.03. The van der Waals surface area contributed by atoms with Gasteiger partial charge in [-0.05, 0) is 5.53 Å². The van der Waals surface area contributed by atoms with Crippen LogP contribution >= 0.6 is 34.8 Å². The first kappa shape index (κ1) is 22.0. The Morgan fingerprint density at radius 2 is 1.92 bits per heavy atom. The molecule has 0 bridgehead atoms. The molecule has 2 unspecified atom stereocenters. The Morgan fingerprint density at radius 1 is 1.32 bits per heavy atom. The zero-order valence-electron chi connectivity index (χ0n) is 13.5. The van der Waals surface area contributed by atoms with Crippen molar-refractivity contribution in [3.8, 4) is 0 Å². The maximum atomic E-state index is 11.1. The number of nitrogens with zero attached hydrogens (tertiary/aromatic N) is 3. The summed E-state index contributed by atoms with van der Waals surface area (Å²) in [5.74, 6) is -1.27. The smallest absolute Gasteiger partial charge is 0.302 e. The molecule has 0 saturated carbocycles. The van der Waals surface area contributed by atoms with E-state index < -0.39 is 46.3 Å². The number of rotatable bonds is 6. The van der Waals surface area contributed by atoms with Crippen molar-refractivity contribution in [1.29, 1.82) is 5.41 Å². The lowest BCUT2D eigenvalue weighted by molar-refractivity contribution is -0.255. The van der Waals surface area contributed by atoms with Crippen LogP contribution in [0.5, 0.6) is 0 Å². The van der Waals surface area contributed by atoms with Crippen LogP contribution < -0.4 is 0 Å². The molecule has 1 heterocycles. The van der Waals surface area contributed by atoms with Crippen molar-refractivity contribution < 1.29 is 28.5 Å². The van der Waals surface area contributed by atoms with Crippen molar-refractivity contribution >= 4 is 46.7 Å². The van der Waals surface area contributed by atoms with Gasteiger partial charge < -0.3 is 23.7 Å². The Labute approximate surface area is 158 Å². The summed E-state index contributed by atoms with van der Waals surface area (Å²) < 4.78 is 24.3. The van der Waals surface area contributed by atoms with Crippen molar-refractivity contribution in [3.05, 3.63) is 10.4 Å². The molecule has 0 spiro atoms. The number of carbonyl (C=O) groups excluding carboxylic acids is 1. The molecule has 142 valence electrons. The van der Waals surface area contributed by atoms with Gasteiger partial charge >= 0.3 is 5.97 Å². The van der Waals surface area contributed by atoms with Gasteiger partial charge in [0.05, 0.1) is 0 Å². The molecule has 10 nitrogen and oxygen atoms in total. The van der Waals surface area contributed by atoms with Crippen LogP contribution in [0.2, 0.25) is 0 Å². The monoisotopic (exact) mass is 418 g/mol. The van der Waals surface area contributed by atoms with Crippen molar-refractivity contribution in [2.45, 2.75) is 41.4 Å². The van der Waals surface area contributed by atoms with Crippen molar-refractivity contribution in [2.75, 3.05) is 20.8 Å². The number of ether oxygens (including phenoxy) is 5. The first-order chi connectivity index (χ1) is 11.6. The second-order valence-electron chi connectivity index (χ2n) is 4.89. The molecule has 13 heteroatoms. The van der Waals surface area contributed by atoms with Crippen LogP contribution in [0.4, 0.5) is 0 Å². The minimum absolute atomic E-state index is 0.183. The van der Waals surface area contributed by atoms with E-state index in [0.29, 0.717) is 0 Å². The molecule has 0 amide bonds. The first-order valence-electron chi connectivity index (χ1n) is 6.86. The van der Waals surface area contributed by atoms with Crippen LogP contribution in [0.1, 0.15) is 6.92 Å². The molecule has 0 aromatic rings. The van der Waals surface area contributed by atoms with Crippen LogP contribution in [0.3, 0.4) is 0 Å². The van der Waals surface area contributed by atoms with Gasteiger partial charge in [0, 0.05) is 26.1 Å². The highest BCUT2D eigenvalue weighted by Gasteiger charge is 2.49. The molecule has 25 heavy (non-hydrogen) atoms. The lowest BCUT2D eigenvalue weighted by atomic mass is 9.97. The van der Waals surface area contributed by atoms with Crippen LogP contribution in [0, 0.1) is 5.41 Å². The van der Waals surface area contributed by atoms with Gasteiger partial charge in [-0.1, -0.05) is 39.9 Å². The molecular formula is C12H17Cl3N4O6. The van der Waals surface area contributed by atoms with Crippen LogP contribution in [0.25, 0.3) is 10.4 Å². The Morgan fingerprint density at radius 3 is 2.36 bits per heavy atom. The fraction of sp³-hybridized carbons (Fsp3) is 0.833. The van der Waals surface area contributed by atoms with E-state index in [0.717, 1.165) is 0 Å².